The summed E-state index contributed by atoms with van der Waals surface area (Å²) in [5, 5.41) is 21.3. The summed E-state index contributed by atoms with van der Waals surface area (Å²) in [5.41, 5.74) is 2.80. The molecule has 4 aromatic carbocycles. The lowest BCUT2D eigenvalue weighted by Gasteiger charge is -2.18. The minimum atomic E-state index is 0.00613. The molecule has 0 saturated carbocycles. The molecule has 0 fully saturated rings. The molecule has 0 radical (unpaired) electrons. The normalized spacial score (nSPS) is 10.5. The number of rotatable bonds is 7. The number of aromatic hydroxyl groups is 2. The van der Waals surface area contributed by atoms with Gasteiger partial charge in [0.15, 0.2) is 0 Å². The first kappa shape index (κ1) is 19.4. The van der Waals surface area contributed by atoms with Crippen molar-refractivity contribution in [3.8, 4) is 34.1 Å². The van der Waals surface area contributed by atoms with Gasteiger partial charge in [-0.15, -0.1) is 0 Å². The highest BCUT2D eigenvalue weighted by atomic mass is 16.5. The van der Waals surface area contributed by atoms with Crippen LogP contribution < -0.4 is 9.47 Å². The maximum absolute atomic E-state index is 10.6. The Morgan fingerprint density at radius 3 is 1.27 bits per heavy atom. The van der Waals surface area contributed by atoms with Gasteiger partial charge in [0.2, 0.25) is 0 Å². The highest BCUT2D eigenvalue weighted by Crippen LogP contribution is 2.47. The second-order valence-corrected chi connectivity index (χ2v) is 6.85. The Bertz CT molecular complexity index is 1020. The van der Waals surface area contributed by atoms with Gasteiger partial charge in [-0.1, -0.05) is 72.8 Å². The molecular formula is C26H22O4. The zero-order valence-corrected chi connectivity index (χ0v) is 16.4. The van der Waals surface area contributed by atoms with E-state index < -0.39 is 0 Å². The molecule has 0 atom stereocenters. The van der Waals surface area contributed by atoms with Gasteiger partial charge in [-0.25, -0.2) is 0 Å². The summed E-state index contributed by atoms with van der Waals surface area (Å²) in [7, 11) is 0. The number of ether oxygens (including phenoxy) is 2. The Labute approximate surface area is 175 Å². The molecule has 0 spiro atoms. The third-order valence-electron chi connectivity index (χ3n) is 4.73. The van der Waals surface area contributed by atoms with E-state index in [1.165, 1.54) is 0 Å². The van der Waals surface area contributed by atoms with Crippen molar-refractivity contribution in [1.82, 2.24) is 0 Å². The Morgan fingerprint density at radius 1 is 0.467 bits per heavy atom. The van der Waals surface area contributed by atoms with E-state index >= 15 is 0 Å². The SMILES string of the molecule is Oc1cccc(OCc2ccccc2)c1-c1c(O)cccc1OCc1ccccc1. The number of hydrogen-bond acceptors (Lipinski definition) is 4. The van der Waals surface area contributed by atoms with Crippen LogP contribution in [0.2, 0.25) is 0 Å². The van der Waals surface area contributed by atoms with Gasteiger partial charge in [0.25, 0.3) is 0 Å². The van der Waals surface area contributed by atoms with Gasteiger partial charge in [0.05, 0.1) is 11.1 Å². The van der Waals surface area contributed by atoms with Crippen molar-refractivity contribution in [3.63, 3.8) is 0 Å². The van der Waals surface area contributed by atoms with E-state index in [1.54, 1.807) is 36.4 Å². The molecule has 0 aliphatic heterocycles. The Balaban J connectivity index is 1.67. The summed E-state index contributed by atoms with van der Waals surface area (Å²) >= 11 is 0. The molecule has 0 heterocycles. The van der Waals surface area contributed by atoms with Crippen LogP contribution in [0.3, 0.4) is 0 Å². The summed E-state index contributed by atoms with van der Waals surface area (Å²) in [6, 6.07) is 29.6. The van der Waals surface area contributed by atoms with Crippen LogP contribution >= 0.6 is 0 Å². The summed E-state index contributed by atoms with van der Waals surface area (Å²) < 4.78 is 12.0. The molecular weight excluding hydrogens is 376 g/mol. The predicted molar refractivity (Wildman–Crippen MR) is 117 cm³/mol. The number of phenolic OH excluding ortho intramolecular Hbond substituents is 2. The van der Waals surface area contributed by atoms with Crippen molar-refractivity contribution < 1.29 is 19.7 Å². The van der Waals surface area contributed by atoms with Crippen molar-refractivity contribution in [2.45, 2.75) is 13.2 Å². The van der Waals surface area contributed by atoms with E-state index in [9.17, 15) is 10.2 Å². The van der Waals surface area contributed by atoms with Gasteiger partial charge < -0.3 is 19.7 Å². The highest BCUT2D eigenvalue weighted by molar-refractivity contribution is 5.85. The summed E-state index contributed by atoms with van der Waals surface area (Å²) in [6.45, 7) is 0.677. The van der Waals surface area contributed by atoms with Crippen LogP contribution in [0.5, 0.6) is 23.0 Å². The molecule has 4 nitrogen and oxygen atoms in total. The van der Waals surface area contributed by atoms with Crippen molar-refractivity contribution in [2.24, 2.45) is 0 Å². The lowest BCUT2D eigenvalue weighted by atomic mass is 10.0. The molecule has 150 valence electrons. The number of hydrogen-bond donors (Lipinski definition) is 2. The van der Waals surface area contributed by atoms with Crippen LogP contribution in [-0.4, -0.2) is 10.2 Å². The average Bonchev–Trinajstić information content (AvgIpc) is 2.78. The van der Waals surface area contributed by atoms with Crippen molar-refractivity contribution >= 4 is 0 Å². The first-order valence-electron chi connectivity index (χ1n) is 9.70. The molecule has 0 amide bonds. The van der Waals surface area contributed by atoms with Crippen molar-refractivity contribution in [1.29, 1.82) is 0 Å². The standard InChI is InChI=1S/C26H22O4/c27-21-13-7-15-23(29-17-19-9-3-1-4-10-19)25(21)26-22(28)14-8-16-24(26)30-18-20-11-5-2-6-12-20/h1-16,27-28H,17-18H2. The van der Waals surface area contributed by atoms with E-state index in [-0.39, 0.29) is 11.5 Å². The van der Waals surface area contributed by atoms with E-state index in [1.807, 2.05) is 60.7 Å². The van der Waals surface area contributed by atoms with Gasteiger partial charge in [-0.05, 0) is 35.4 Å². The maximum atomic E-state index is 10.6. The zero-order chi connectivity index (χ0) is 20.8. The van der Waals surface area contributed by atoms with Crippen LogP contribution in [-0.2, 0) is 13.2 Å². The third-order valence-corrected chi connectivity index (χ3v) is 4.73. The van der Waals surface area contributed by atoms with Gasteiger partial charge in [-0.3, -0.25) is 0 Å². The third kappa shape index (κ3) is 4.39. The zero-order valence-electron chi connectivity index (χ0n) is 16.4. The molecule has 4 heteroatoms. The lowest BCUT2D eigenvalue weighted by molar-refractivity contribution is 0.300. The highest BCUT2D eigenvalue weighted by Gasteiger charge is 2.20. The van der Waals surface area contributed by atoms with E-state index in [4.69, 9.17) is 9.47 Å². The van der Waals surface area contributed by atoms with Crippen LogP contribution in [0.4, 0.5) is 0 Å². The maximum Gasteiger partial charge on any atom is 0.131 e. The number of phenols is 2. The lowest BCUT2D eigenvalue weighted by Crippen LogP contribution is -2.00. The monoisotopic (exact) mass is 398 g/mol. The first-order valence-corrected chi connectivity index (χ1v) is 9.70. The number of benzene rings is 4. The van der Waals surface area contributed by atoms with E-state index in [2.05, 4.69) is 0 Å². The Morgan fingerprint density at radius 2 is 0.867 bits per heavy atom. The largest absolute Gasteiger partial charge is 0.507 e. The fraction of sp³-hybridized carbons (Fsp3) is 0.0769. The summed E-state index contributed by atoms with van der Waals surface area (Å²) in [5.74, 6) is 0.938. The fourth-order valence-electron chi connectivity index (χ4n) is 3.25. The van der Waals surface area contributed by atoms with E-state index in [0.717, 1.165) is 11.1 Å². The van der Waals surface area contributed by atoms with Crippen molar-refractivity contribution in [2.75, 3.05) is 0 Å². The quantitative estimate of drug-likeness (QED) is 0.405. The van der Waals surface area contributed by atoms with Crippen LogP contribution in [0.15, 0.2) is 97.1 Å². The molecule has 0 unspecified atom stereocenters. The second-order valence-electron chi connectivity index (χ2n) is 6.85. The predicted octanol–water partition coefficient (Wildman–Crippen LogP) is 5.92. The van der Waals surface area contributed by atoms with Crippen LogP contribution in [0.25, 0.3) is 11.1 Å². The topological polar surface area (TPSA) is 58.9 Å². The molecule has 0 bridgehead atoms. The summed E-state index contributed by atoms with van der Waals surface area (Å²) in [4.78, 5) is 0. The second kappa shape index (κ2) is 9.05. The molecule has 30 heavy (non-hydrogen) atoms. The van der Waals surface area contributed by atoms with Gasteiger partial charge >= 0.3 is 0 Å². The van der Waals surface area contributed by atoms with Gasteiger partial charge in [-0.2, -0.15) is 0 Å². The minimum absolute atomic E-state index is 0.00613. The molecule has 0 aliphatic carbocycles. The Kier molecular flexibility index (Phi) is 5.85. The fourth-order valence-corrected chi connectivity index (χ4v) is 3.25. The van der Waals surface area contributed by atoms with Crippen LogP contribution in [0.1, 0.15) is 11.1 Å². The molecule has 4 aromatic rings. The van der Waals surface area contributed by atoms with Crippen molar-refractivity contribution in [3.05, 3.63) is 108 Å². The molecule has 0 aliphatic rings. The van der Waals surface area contributed by atoms with Crippen LogP contribution in [0, 0.1) is 0 Å². The Hall–Kier alpha value is -3.92. The van der Waals surface area contributed by atoms with E-state index in [0.29, 0.717) is 35.8 Å². The smallest absolute Gasteiger partial charge is 0.131 e. The van der Waals surface area contributed by atoms with Gasteiger partial charge in [0.1, 0.15) is 36.2 Å². The summed E-state index contributed by atoms with van der Waals surface area (Å²) in [6.07, 6.45) is 0. The average molecular weight is 398 g/mol. The minimum Gasteiger partial charge on any atom is -0.507 e. The molecule has 4 rings (SSSR count). The molecule has 2 N–H and O–H groups in total. The van der Waals surface area contributed by atoms with Gasteiger partial charge in [0, 0.05) is 0 Å². The molecule has 0 aromatic heterocycles. The molecule has 0 saturated heterocycles. The first-order chi connectivity index (χ1) is 14.7.